The Morgan fingerprint density at radius 2 is 1.68 bits per heavy atom. The number of benzene rings is 2. The molecule has 0 bridgehead atoms. The SMILES string of the molecule is COc1cc2nc(-c3ccc(F)cc3)[nH]c(=O)c2cc1OC. The first-order valence-corrected chi connectivity index (χ1v) is 6.54. The molecule has 1 heterocycles. The summed E-state index contributed by atoms with van der Waals surface area (Å²) in [6.45, 7) is 0. The quantitative estimate of drug-likeness (QED) is 0.808. The van der Waals surface area contributed by atoms with Crippen molar-refractivity contribution in [1.82, 2.24) is 9.97 Å². The minimum atomic E-state index is -0.349. The monoisotopic (exact) mass is 300 g/mol. The molecule has 0 amide bonds. The molecule has 1 aromatic heterocycles. The third-order valence-electron chi connectivity index (χ3n) is 3.33. The van der Waals surface area contributed by atoms with Crippen LogP contribution in [0.4, 0.5) is 4.39 Å². The van der Waals surface area contributed by atoms with Crippen molar-refractivity contribution in [2.45, 2.75) is 0 Å². The van der Waals surface area contributed by atoms with Crippen molar-refractivity contribution in [3.63, 3.8) is 0 Å². The molecule has 0 spiro atoms. The molecule has 6 heteroatoms. The van der Waals surface area contributed by atoms with Crippen LogP contribution in [0, 0.1) is 5.82 Å². The van der Waals surface area contributed by atoms with Gasteiger partial charge in [-0.1, -0.05) is 0 Å². The van der Waals surface area contributed by atoms with Gasteiger partial charge in [0.05, 0.1) is 25.1 Å². The summed E-state index contributed by atoms with van der Waals surface area (Å²) in [5, 5.41) is 0.392. The summed E-state index contributed by atoms with van der Waals surface area (Å²) in [6.07, 6.45) is 0. The maximum Gasteiger partial charge on any atom is 0.259 e. The minimum Gasteiger partial charge on any atom is -0.493 e. The zero-order valence-corrected chi connectivity index (χ0v) is 12.0. The van der Waals surface area contributed by atoms with E-state index < -0.39 is 0 Å². The van der Waals surface area contributed by atoms with E-state index in [-0.39, 0.29) is 11.4 Å². The first-order valence-electron chi connectivity index (χ1n) is 6.54. The van der Waals surface area contributed by atoms with Crippen LogP contribution in [0.2, 0.25) is 0 Å². The number of nitrogens with one attached hydrogen (secondary N) is 1. The van der Waals surface area contributed by atoms with Gasteiger partial charge in [-0.2, -0.15) is 0 Å². The number of rotatable bonds is 3. The van der Waals surface area contributed by atoms with Gasteiger partial charge in [-0.05, 0) is 30.3 Å². The maximum absolute atomic E-state index is 13.0. The van der Waals surface area contributed by atoms with E-state index in [2.05, 4.69) is 9.97 Å². The zero-order valence-electron chi connectivity index (χ0n) is 12.0. The van der Waals surface area contributed by atoms with E-state index in [1.54, 1.807) is 24.3 Å². The number of nitrogens with zero attached hydrogens (tertiary/aromatic N) is 1. The van der Waals surface area contributed by atoms with E-state index in [1.165, 1.54) is 26.4 Å². The highest BCUT2D eigenvalue weighted by atomic mass is 19.1. The van der Waals surface area contributed by atoms with E-state index >= 15 is 0 Å². The molecule has 22 heavy (non-hydrogen) atoms. The second-order valence-electron chi connectivity index (χ2n) is 4.65. The number of ether oxygens (including phenoxy) is 2. The molecule has 3 rings (SSSR count). The third-order valence-corrected chi connectivity index (χ3v) is 3.33. The summed E-state index contributed by atoms with van der Waals surface area (Å²) in [4.78, 5) is 19.3. The highest BCUT2D eigenvalue weighted by Gasteiger charge is 2.11. The van der Waals surface area contributed by atoms with Gasteiger partial charge < -0.3 is 14.5 Å². The smallest absolute Gasteiger partial charge is 0.259 e. The lowest BCUT2D eigenvalue weighted by Crippen LogP contribution is -2.10. The molecule has 0 aliphatic heterocycles. The van der Waals surface area contributed by atoms with Crippen molar-refractivity contribution in [2.24, 2.45) is 0 Å². The Labute approximate surface area is 125 Å². The molecule has 1 N–H and O–H groups in total. The van der Waals surface area contributed by atoms with Gasteiger partial charge in [-0.15, -0.1) is 0 Å². The highest BCUT2D eigenvalue weighted by Crippen LogP contribution is 2.30. The number of aromatic amines is 1. The van der Waals surface area contributed by atoms with Crippen molar-refractivity contribution < 1.29 is 13.9 Å². The Morgan fingerprint density at radius 1 is 1.05 bits per heavy atom. The Morgan fingerprint density at radius 3 is 2.32 bits per heavy atom. The summed E-state index contributed by atoms with van der Waals surface area (Å²) in [7, 11) is 3.01. The summed E-state index contributed by atoms with van der Waals surface area (Å²) in [5.41, 5.74) is 0.793. The largest absolute Gasteiger partial charge is 0.493 e. The van der Waals surface area contributed by atoms with Crippen molar-refractivity contribution in [1.29, 1.82) is 0 Å². The second kappa shape index (κ2) is 5.48. The van der Waals surface area contributed by atoms with Crippen LogP contribution in [0.1, 0.15) is 0 Å². The topological polar surface area (TPSA) is 64.2 Å². The van der Waals surface area contributed by atoms with Gasteiger partial charge in [-0.25, -0.2) is 9.37 Å². The summed E-state index contributed by atoms with van der Waals surface area (Å²) >= 11 is 0. The van der Waals surface area contributed by atoms with Gasteiger partial charge >= 0.3 is 0 Å². The number of halogens is 1. The van der Waals surface area contributed by atoms with Crippen molar-refractivity contribution in [3.8, 4) is 22.9 Å². The normalized spacial score (nSPS) is 10.7. The Bertz CT molecular complexity index is 888. The predicted molar refractivity (Wildman–Crippen MR) is 80.9 cm³/mol. The molecule has 0 aliphatic carbocycles. The Balaban J connectivity index is 2.23. The number of methoxy groups -OCH3 is 2. The second-order valence-corrected chi connectivity index (χ2v) is 4.65. The van der Waals surface area contributed by atoms with E-state index in [0.29, 0.717) is 33.8 Å². The molecule has 0 saturated carbocycles. The lowest BCUT2D eigenvalue weighted by molar-refractivity contribution is 0.355. The van der Waals surface area contributed by atoms with Crippen molar-refractivity contribution in [2.75, 3.05) is 14.2 Å². The fraction of sp³-hybridized carbons (Fsp3) is 0.125. The molecule has 0 aliphatic rings. The minimum absolute atomic E-state index is 0.301. The molecule has 0 atom stereocenters. The molecule has 0 fully saturated rings. The molecule has 112 valence electrons. The number of hydrogen-bond donors (Lipinski definition) is 1. The Hall–Kier alpha value is -2.89. The first kappa shape index (κ1) is 14.1. The van der Waals surface area contributed by atoms with Gasteiger partial charge in [0, 0.05) is 11.6 Å². The van der Waals surface area contributed by atoms with Crippen LogP contribution in [0.15, 0.2) is 41.2 Å². The lowest BCUT2D eigenvalue weighted by atomic mass is 10.1. The van der Waals surface area contributed by atoms with Gasteiger partial charge in [0.2, 0.25) is 0 Å². The third kappa shape index (κ3) is 2.39. The van der Waals surface area contributed by atoms with Crippen molar-refractivity contribution >= 4 is 10.9 Å². The van der Waals surface area contributed by atoms with Crippen LogP contribution in [-0.4, -0.2) is 24.2 Å². The van der Waals surface area contributed by atoms with Crippen LogP contribution < -0.4 is 15.0 Å². The zero-order chi connectivity index (χ0) is 15.7. The number of hydrogen-bond acceptors (Lipinski definition) is 4. The molecular weight excluding hydrogens is 287 g/mol. The first-order chi connectivity index (χ1) is 10.6. The predicted octanol–water partition coefficient (Wildman–Crippen LogP) is 2.75. The average molecular weight is 300 g/mol. The van der Waals surface area contributed by atoms with E-state index in [9.17, 15) is 9.18 Å². The van der Waals surface area contributed by atoms with Crippen LogP contribution in [0.5, 0.6) is 11.5 Å². The summed E-state index contributed by atoms with van der Waals surface area (Å²) in [6, 6.07) is 8.95. The van der Waals surface area contributed by atoms with E-state index in [4.69, 9.17) is 9.47 Å². The van der Waals surface area contributed by atoms with Crippen LogP contribution in [0.25, 0.3) is 22.3 Å². The van der Waals surface area contributed by atoms with Gasteiger partial charge in [-0.3, -0.25) is 4.79 Å². The van der Waals surface area contributed by atoms with E-state index in [0.717, 1.165) is 0 Å². The number of aromatic nitrogens is 2. The molecule has 5 nitrogen and oxygen atoms in total. The molecule has 0 saturated heterocycles. The average Bonchev–Trinajstić information content (AvgIpc) is 2.54. The highest BCUT2D eigenvalue weighted by molar-refractivity contribution is 5.83. The molecule has 2 aromatic carbocycles. The summed E-state index contributed by atoms with van der Waals surface area (Å²) < 4.78 is 23.4. The van der Waals surface area contributed by atoms with Gasteiger partial charge in [0.25, 0.3) is 5.56 Å². The molecule has 3 aromatic rings. The number of fused-ring (bicyclic) bond motifs is 1. The molecule has 0 radical (unpaired) electrons. The van der Waals surface area contributed by atoms with Crippen LogP contribution in [0.3, 0.4) is 0 Å². The van der Waals surface area contributed by atoms with Gasteiger partial charge in [0.15, 0.2) is 11.5 Å². The van der Waals surface area contributed by atoms with Crippen LogP contribution in [-0.2, 0) is 0 Å². The van der Waals surface area contributed by atoms with Gasteiger partial charge in [0.1, 0.15) is 11.6 Å². The van der Waals surface area contributed by atoms with E-state index in [1.807, 2.05) is 0 Å². The lowest BCUT2D eigenvalue weighted by Gasteiger charge is -2.09. The number of H-pyrrole nitrogens is 1. The maximum atomic E-state index is 13.0. The molecule has 0 unspecified atom stereocenters. The van der Waals surface area contributed by atoms with Crippen molar-refractivity contribution in [3.05, 3.63) is 52.6 Å². The fourth-order valence-electron chi connectivity index (χ4n) is 2.21. The summed E-state index contributed by atoms with van der Waals surface area (Å²) in [5.74, 6) is 0.956. The molecular formula is C16H13FN2O3. The fourth-order valence-corrected chi connectivity index (χ4v) is 2.21. The Kier molecular flexibility index (Phi) is 3.50. The standard InChI is InChI=1S/C16H13FN2O3/c1-21-13-7-11-12(8-14(13)22-2)18-15(19-16(11)20)9-3-5-10(17)6-4-9/h3-8H,1-2H3,(H,18,19,20). The van der Waals surface area contributed by atoms with Crippen LogP contribution >= 0.6 is 0 Å².